The highest BCUT2D eigenvalue weighted by Crippen LogP contribution is 2.34. The van der Waals surface area contributed by atoms with Gasteiger partial charge in [0.2, 0.25) is 0 Å². The Morgan fingerprint density at radius 3 is 2.79 bits per heavy atom. The number of hydrogen-bond donors (Lipinski definition) is 1. The van der Waals surface area contributed by atoms with Gasteiger partial charge >= 0.3 is 0 Å². The Bertz CT molecular complexity index is 1070. The number of thioether (sulfide) groups is 1. The quantitative estimate of drug-likeness (QED) is 0.340. The Kier molecular flexibility index (Phi) is 5.40. The lowest BCUT2D eigenvalue weighted by Gasteiger charge is -2.32. The molecule has 0 unspecified atom stereocenters. The van der Waals surface area contributed by atoms with Gasteiger partial charge < -0.3 is 10.1 Å². The number of hydrogen-bond acceptors (Lipinski definition) is 9. The molecule has 4 rings (SSSR count). The van der Waals surface area contributed by atoms with E-state index in [4.69, 9.17) is 4.74 Å². The molecule has 4 heterocycles. The van der Waals surface area contributed by atoms with Crippen molar-refractivity contribution in [2.24, 2.45) is 0 Å². The second kappa shape index (κ2) is 7.84. The molecule has 0 aromatic carbocycles. The molecule has 0 aliphatic carbocycles. The molecule has 0 atom stereocenters. The normalized spacial score (nSPS) is 15.5. The average Bonchev–Trinajstić information content (AvgIpc) is 3.20. The Balaban J connectivity index is 1.57. The Morgan fingerprint density at radius 1 is 1.34 bits per heavy atom. The van der Waals surface area contributed by atoms with Crippen LogP contribution < -0.4 is 10.1 Å². The number of alkyl halides is 3. The van der Waals surface area contributed by atoms with Gasteiger partial charge in [-0.2, -0.15) is 0 Å². The largest absolute Gasteiger partial charge is 0.495 e. The molecule has 0 amide bonds. The van der Waals surface area contributed by atoms with Crippen LogP contribution in [0.4, 0.5) is 13.2 Å². The van der Waals surface area contributed by atoms with Gasteiger partial charge in [-0.05, 0) is 6.07 Å². The van der Waals surface area contributed by atoms with Gasteiger partial charge in [0.1, 0.15) is 15.8 Å². The number of aromatic nitrogens is 4. The zero-order valence-corrected chi connectivity index (χ0v) is 16.6. The first-order valence-corrected chi connectivity index (χ1v) is 10.2. The third-order valence-corrected chi connectivity index (χ3v) is 6.46. The van der Waals surface area contributed by atoms with Gasteiger partial charge in [-0.3, -0.25) is 4.79 Å². The molecule has 1 fully saturated rings. The minimum Gasteiger partial charge on any atom is -0.495 e. The van der Waals surface area contributed by atoms with E-state index in [2.05, 4.69) is 25.3 Å². The molecule has 1 N–H and O–H groups in total. The first kappa shape index (κ1) is 20.0. The number of halogens is 3. The predicted molar refractivity (Wildman–Crippen MR) is 102 cm³/mol. The molecule has 152 valence electrons. The van der Waals surface area contributed by atoms with Crippen LogP contribution in [0.15, 0.2) is 23.5 Å². The van der Waals surface area contributed by atoms with E-state index in [9.17, 15) is 18.0 Å². The number of pyridine rings is 1. The van der Waals surface area contributed by atoms with Crippen LogP contribution in [0.25, 0.3) is 11.0 Å². The van der Waals surface area contributed by atoms with E-state index in [1.54, 1.807) is 6.07 Å². The number of Topliss-reactive ketones (excluding diaryl/α,β-unsaturated/α-hetero) is 1. The topological polar surface area (TPSA) is 89.9 Å². The lowest BCUT2D eigenvalue weighted by atomic mass is 10.0. The predicted octanol–water partition coefficient (Wildman–Crippen LogP) is 3.17. The summed E-state index contributed by atoms with van der Waals surface area (Å²) in [5.74, 6) is -0.628. The van der Waals surface area contributed by atoms with E-state index >= 15 is 0 Å². The van der Waals surface area contributed by atoms with Crippen molar-refractivity contribution in [3.05, 3.63) is 34.2 Å². The molecule has 12 heteroatoms. The second-order valence-electron chi connectivity index (χ2n) is 6.24. The van der Waals surface area contributed by atoms with Crippen molar-refractivity contribution in [2.75, 3.05) is 26.0 Å². The molecule has 1 aliphatic heterocycles. The van der Waals surface area contributed by atoms with E-state index in [0.717, 1.165) is 23.1 Å². The molecular formula is C17H14F3N5O2S2. The number of nitrogens with zero attached hydrogens (tertiary/aromatic N) is 4. The monoisotopic (exact) mass is 441 g/mol. The summed E-state index contributed by atoms with van der Waals surface area (Å²) in [6.07, 6.45) is -0.166. The molecule has 0 saturated carbocycles. The van der Waals surface area contributed by atoms with Gasteiger partial charge in [0.05, 0.1) is 29.3 Å². The second-order valence-corrected chi connectivity index (χ2v) is 8.24. The molecule has 1 aliphatic rings. The van der Waals surface area contributed by atoms with Gasteiger partial charge in [-0.1, -0.05) is 11.8 Å². The molecule has 0 spiro atoms. The maximum atomic E-state index is 14.4. The lowest BCUT2D eigenvalue weighted by Crippen LogP contribution is -2.53. The summed E-state index contributed by atoms with van der Waals surface area (Å²) < 4.78 is 45.8. The average molecular weight is 441 g/mol. The minimum absolute atomic E-state index is 0.0782. The summed E-state index contributed by atoms with van der Waals surface area (Å²) >= 11 is 1.99. The highest BCUT2D eigenvalue weighted by atomic mass is 32.2. The van der Waals surface area contributed by atoms with Gasteiger partial charge in [-0.25, -0.2) is 33.1 Å². The number of ether oxygens (including phenoxy) is 1. The fourth-order valence-corrected chi connectivity index (χ4v) is 4.52. The maximum absolute atomic E-state index is 14.4. The van der Waals surface area contributed by atoms with Crippen LogP contribution in [-0.2, 0) is 5.67 Å². The Morgan fingerprint density at radius 2 is 2.14 bits per heavy atom. The number of thiazole rings is 1. The number of methoxy groups -OCH3 is 1. The summed E-state index contributed by atoms with van der Waals surface area (Å²) in [7, 11) is 1.45. The number of ketones is 1. The Hall–Kier alpha value is -2.31. The zero-order valence-electron chi connectivity index (χ0n) is 15.0. The van der Waals surface area contributed by atoms with E-state index in [1.807, 2.05) is 0 Å². The summed E-state index contributed by atoms with van der Waals surface area (Å²) in [5.41, 5.74) is -1.45. The van der Waals surface area contributed by atoms with Gasteiger partial charge in [0, 0.05) is 19.3 Å². The molecule has 3 aromatic heterocycles. The molecule has 1 saturated heterocycles. The number of fused-ring (bicyclic) bond motifs is 1. The summed E-state index contributed by atoms with van der Waals surface area (Å²) in [5, 5.41) is 3.69. The van der Waals surface area contributed by atoms with E-state index < -0.39 is 17.9 Å². The van der Waals surface area contributed by atoms with Crippen molar-refractivity contribution in [3.8, 4) is 5.75 Å². The van der Waals surface area contributed by atoms with E-state index in [1.165, 1.54) is 19.5 Å². The maximum Gasteiger partial charge on any atom is 0.297 e. The lowest BCUT2D eigenvalue weighted by molar-refractivity contribution is 0.0888. The van der Waals surface area contributed by atoms with Crippen LogP contribution in [0.5, 0.6) is 5.75 Å². The van der Waals surface area contributed by atoms with Crippen LogP contribution in [0.2, 0.25) is 0 Å². The van der Waals surface area contributed by atoms with Crippen LogP contribution in [-0.4, -0.2) is 51.7 Å². The molecule has 0 bridgehead atoms. The van der Waals surface area contributed by atoms with Crippen LogP contribution in [0.1, 0.15) is 26.9 Å². The number of carbonyl (C=O) groups is 1. The fourth-order valence-electron chi connectivity index (χ4n) is 2.61. The van der Waals surface area contributed by atoms with Crippen molar-refractivity contribution in [1.29, 1.82) is 0 Å². The summed E-state index contributed by atoms with van der Waals surface area (Å²) in [6, 6.07) is 1.58. The molecule has 7 nitrogen and oxygen atoms in total. The molecule has 3 aromatic rings. The van der Waals surface area contributed by atoms with Gasteiger partial charge in [0.25, 0.3) is 6.43 Å². The van der Waals surface area contributed by atoms with Crippen LogP contribution in [0.3, 0.4) is 0 Å². The number of rotatable bonds is 7. The minimum atomic E-state index is -2.88. The fraction of sp³-hybridized carbons (Fsp3) is 0.353. The SMILES string of the molecule is COc1cnc2nc(C(F)F)nc(SCC(=O)c3cnc(C4(F)CNC4)s3)c2c1. The Labute approximate surface area is 171 Å². The highest BCUT2D eigenvalue weighted by molar-refractivity contribution is 8.00. The number of nitrogens with one attached hydrogen (secondary N) is 1. The first-order valence-electron chi connectivity index (χ1n) is 8.41. The van der Waals surface area contributed by atoms with E-state index in [-0.39, 0.29) is 40.3 Å². The molecular weight excluding hydrogens is 427 g/mol. The van der Waals surface area contributed by atoms with Crippen molar-refractivity contribution in [2.45, 2.75) is 17.1 Å². The summed E-state index contributed by atoms with van der Waals surface area (Å²) in [6.45, 7) is 0.335. The molecule has 0 radical (unpaired) electrons. The third-order valence-electron chi connectivity index (χ3n) is 4.25. The smallest absolute Gasteiger partial charge is 0.297 e. The summed E-state index contributed by atoms with van der Waals surface area (Å²) in [4.78, 5) is 28.5. The van der Waals surface area contributed by atoms with Crippen molar-refractivity contribution in [1.82, 2.24) is 25.3 Å². The van der Waals surface area contributed by atoms with Crippen molar-refractivity contribution >= 4 is 39.9 Å². The van der Waals surface area contributed by atoms with Crippen molar-refractivity contribution in [3.63, 3.8) is 0 Å². The first-order chi connectivity index (χ1) is 13.9. The highest BCUT2D eigenvalue weighted by Gasteiger charge is 2.42. The van der Waals surface area contributed by atoms with Gasteiger partial charge in [-0.15, -0.1) is 11.3 Å². The molecule has 29 heavy (non-hydrogen) atoms. The van der Waals surface area contributed by atoms with E-state index in [0.29, 0.717) is 16.0 Å². The van der Waals surface area contributed by atoms with Gasteiger partial charge in [0.15, 0.2) is 22.9 Å². The van der Waals surface area contributed by atoms with Crippen LogP contribution in [0, 0.1) is 0 Å². The van der Waals surface area contributed by atoms with Crippen LogP contribution >= 0.6 is 23.1 Å². The standard InChI is InChI=1S/C17H14F3N5O2S2/c1-27-8-2-9-13(22-3-8)24-14(12(18)19)25-15(9)28-5-10(26)11-4-23-16(29-11)17(20)6-21-7-17/h2-4,12,21H,5-7H2,1H3. The van der Waals surface area contributed by atoms with Crippen molar-refractivity contribution < 1.29 is 22.7 Å². The zero-order chi connectivity index (χ0) is 20.6. The number of carbonyl (C=O) groups excluding carboxylic acids is 1. The third kappa shape index (κ3) is 3.91.